The molecule has 0 bridgehead atoms. The maximum atomic E-state index is 11.9. The van der Waals surface area contributed by atoms with Crippen molar-refractivity contribution in [1.82, 2.24) is 15.6 Å². The van der Waals surface area contributed by atoms with Gasteiger partial charge in [-0.3, -0.25) is 14.6 Å². The molecule has 0 saturated carbocycles. The van der Waals surface area contributed by atoms with Gasteiger partial charge < -0.3 is 10.6 Å². The standard InChI is InChI=1S/C17H25N3O2S2/c1-13-10-14(12-18-11-13)15(21)19-6-4-2-3-5-7-20-16(22)17-23-8-9-24-17/h10-12,17H,2-9H2,1H3,(H,19,21)(H,20,22). The maximum absolute atomic E-state index is 11.9. The lowest BCUT2D eigenvalue weighted by Crippen LogP contribution is -2.30. The summed E-state index contributed by atoms with van der Waals surface area (Å²) in [5.74, 6) is 2.26. The first-order chi connectivity index (χ1) is 11.7. The van der Waals surface area contributed by atoms with Gasteiger partial charge in [0.05, 0.1) is 5.56 Å². The van der Waals surface area contributed by atoms with E-state index in [1.54, 1.807) is 35.9 Å². The highest BCUT2D eigenvalue weighted by atomic mass is 32.2. The van der Waals surface area contributed by atoms with Gasteiger partial charge in [-0.2, -0.15) is 0 Å². The largest absolute Gasteiger partial charge is 0.354 e. The summed E-state index contributed by atoms with van der Waals surface area (Å²) in [6.45, 7) is 3.35. The molecule has 1 aliphatic heterocycles. The molecular weight excluding hydrogens is 342 g/mol. The Balaban J connectivity index is 1.46. The Morgan fingerprint density at radius 3 is 2.42 bits per heavy atom. The number of hydrogen-bond acceptors (Lipinski definition) is 5. The van der Waals surface area contributed by atoms with E-state index in [1.807, 2.05) is 13.0 Å². The van der Waals surface area contributed by atoms with E-state index in [1.165, 1.54) is 0 Å². The Hall–Kier alpha value is -1.21. The summed E-state index contributed by atoms with van der Waals surface area (Å²) in [7, 11) is 0. The van der Waals surface area contributed by atoms with Gasteiger partial charge in [0.2, 0.25) is 5.91 Å². The molecule has 0 aliphatic carbocycles. The van der Waals surface area contributed by atoms with Gasteiger partial charge in [-0.1, -0.05) is 12.8 Å². The van der Waals surface area contributed by atoms with Crippen LogP contribution in [-0.4, -0.2) is 46.0 Å². The van der Waals surface area contributed by atoms with E-state index < -0.39 is 0 Å². The molecule has 2 heterocycles. The van der Waals surface area contributed by atoms with Gasteiger partial charge in [0.1, 0.15) is 4.58 Å². The molecule has 2 N–H and O–H groups in total. The summed E-state index contributed by atoms with van der Waals surface area (Å²) in [4.78, 5) is 27.8. The van der Waals surface area contributed by atoms with Gasteiger partial charge in [-0.25, -0.2) is 0 Å². The SMILES string of the molecule is Cc1cncc(C(=O)NCCCCCCNC(=O)C2SCCS2)c1. The van der Waals surface area contributed by atoms with Gasteiger partial charge in [-0.05, 0) is 31.4 Å². The minimum absolute atomic E-state index is 0.0648. The Kier molecular flexibility index (Phi) is 8.45. The first-order valence-electron chi connectivity index (χ1n) is 8.37. The summed E-state index contributed by atoms with van der Waals surface area (Å²) in [6, 6.07) is 1.84. The normalized spacial score (nSPS) is 14.5. The van der Waals surface area contributed by atoms with Crippen LogP contribution in [0.5, 0.6) is 0 Å². The molecule has 2 rings (SSSR count). The Morgan fingerprint density at radius 1 is 1.08 bits per heavy atom. The minimum atomic E-state index is -0.0648. The summed E-state index contributed by atoms with van der Waals surface area (Å²) < 4.78 is 0.0938. The van der Waals surface area contributed by atoms with Gasteiger partial charge in [0.25, 0.3) is 5.91 Å². The number of unbranched alkanes of at least 4 members (excludes halogenated alkanes) is 3. The summed E-state index contributed by atoms with van der Waals surface area (Å²) in [5, 5.41) is 5.92. The van der Waals surface area contributed by atoms with Crippen LogP contribution in [0.4, 0.5) is 0 Å². The number of rotatable bonds is 9. The number of hydrogen-bond donors (Lipinski definition) is 2. The van der Waals surface area contributed by atoms with Crippen LogP contribution in [0.1, 0.15) is 41.6 Å². The molecule has 2 amide bonds. The van der Waals surface area contributed by atoms with Crippen LogP contribution in [-0.2, 0) is 4.79 Å². The van der Waals surface area contributed by atoms with Crippen molar-refractivity contribution in [3.8, 4) is 0 Å². The van der Waals surface area contributed by atoms with Gasteiger partial charge in [-0.15, -0.1) is 23.5 Å². The number of aromatic nitrogens is 1. The van der Waals surface area contributed by atoms with Crippen molar-refractivity contribution in [2.24, 2.45) is 0 Å². The monoisotopic (exact) mass is 367 g/mol. The third kappa shape index (κ3) is 6.73. The Bertz CT molecular complexity index is 548. The summed E-state index contributed by atoms with van der Waals surface area (Å²) in [5.41, 5.74) is 1.60. The predicted molar refractivity (Wildman–Crippen MR) is 101 cm³/mol. The lowest BCUT2D eigenvalue weighted by Gasteiger charge is -2.09. The van der Waals surface area contributed by atoms with Gasteiger partial charge in [0.15, 0.2) is 0 Å². The highest BCUT2D eigenvalue weighted by Crippen LogP contribution is 2.31. The zero-order valence-corrected chi connectivity index (χ0v) is 15.7. The molecular formula is C17H25N3O2S2. The van der Waals surface area contributed by atoms with Crippen molar-refractivity contribution in [2.45, 2.75) is 37.2 Å². The molecule has 5 nitrogen and oxygen atoms in total. The van der Waals surface area contributed by atoms with E-state index in [2.05, 4.69) is 15.6 Å². The third-order valence-corrected chi connectivity index (χ3v) is 6.65. The number of carbonyl (C=O) groups excluding carboxylic acids is 2. The van der Waals surface area contributed by atoms with Crippen LogP contribution < -0.4 is 10.6 Å². The van der Waals surface area contributed by atoms with Crippen molar-refractivity contribution in [2.75, 3.05) is 24.6 Å². The first kappa shape index (κ1) is 19.1. The van der Waals surface area contributed by atoms with Crippen molar-refractivity contribution in [3.05, 3.63) is 29.6 Å². The maximum Gasteiger partial charge on any atom is 0.252 e. The van der Waals surface area contributed by atoms with Crippen LogP contribution in [0, 0.1) is 6.92 Å². The zero-order chi connectivity index (χ0) is 17.2. The number of nitrogens with zero attached hydrogens (tertiary/aromatic N) is 1. The van der Waals surface area contributed by atoms with Crippen molar-refractivity contribution >= 4 is 35.3 Å². The number of pyridine rings is 1. The van der Waals surface area contributed by atoms with E-state index in [-0.39, 0.29) is 16.4 Å². The molecule has 1 aromatic heterocycles. The molecule has 1 saturated heterocycles. The molecule has 7 heteroatoms. The fourth-order valence-electron chi connectivity index (χ4n) is 2.39. The fourth-order valence-corrected chi connectivity index (χ4v) is 5.02. The summed E-state index contributed by atoms with van der Waals surface area (Å²) >= 11 is 3.47. The van der Waals surface area contributed by atoms with E-state index >= 15 is 0 Å². The van der Waals surface area contributed by atoms with Crippen LogP contribution in [0.15, 0.2) is 18.5 Å². The second-order valence-electron chi connectivity index (χ2n) is 5.79. The molecule has 132 valence electrons. The molecule has 1 aromatic rings. The van der Waals surface area contributed by atoms with Crippen LogP contribution in [0.3, 0.4) is 0 Å². The third-order valence-electron chi connectivity index (χ3n) is 3.66. The zero-order valence-electron chi connectivity index (χ0n) is 14.0. The fraction of sp³-hybridized carbons (Fsp3) is 0.588. The van der Waals surface area contributed by atoms with Crippen LogP contribution in [0.25, 0.3) is 0 Å². The minimum Gasteiger partial charge on any atom is -0.354 e. The second-order valence-corrected chi connectivity index (χ2v) is 8.51. The quantitative estimate of drug-likeness (QED) is 0.657. The average Bonchev–Trinajstić information content (AvgIpc) is 3.11. The van der Waals surface area contributed by atoms with Crippen molar-refractivity contribution in [3.63, 3.8) is 0 Å². The van der Waals surface area contributed by atoms with Crippen molar-refractivity contribution < 1.29 is 9.59 Å². The topological polar surface area (TPSA) is 71.1 Å². The number of aryl methyl sites for hydroxylation is 1. The second kappa shape index (κ2) is 10.6. The lowest BCUT2D eigenvalue weighted by atomic mass is 10.2. The highest BCUT2D eigenvalue weighted by molar-refractivity contribution is 8.21. The average molecular weight is 368 g/mol. The molecule has 0 radical (unpaired) electrons. The number of carbonyl (C=O) groups is 2. The highest BCUT2D eigenvalue weighted by Gasteiger charge is 2.23. The number of nitrogens with one attached hydrogen (secondary N) is 2. The molecule has 24 heavy (non-hydrogen) atoms. The van der Waals surface area contributed by atoms with E-state index in [0.717, 1.165) is 49.3 Å². The van der Waals surface area contributed by atoms with Crippen LogP contribution >= 0.6 is 23.5 Å². The smallest absolute Gasteiger partial charge is 0.252 e. The van der Waals surface area contributed by atoms with E-state index in [0.29, 0.717) is 12.1 Å². The number of amides is 2. The van der Waals surface area contributed by atoms with Gasteiger partial charge >= 0.3 is 0 Å². The molecule has 0 unspecified atom stereocenters. The first-order valence-corrected chi connectivity index (χ1v) is 10.5. The van der Waals surface area contributed by atoms with E-state index in [9.17, 15) is 9.59 Å². The Morgan fingerprint density at radius 2 is 1.75 bits per heavy atom. The van der Waals surface area contributed by atoms with Gasteiger partial charge in [0, 0.05) is 37.0 Å². The molecule has 0 atom stereocenters. The Labute approximate surface area is 152 Å². The number of thioether (sulfide) groups is 2. The lowest BCUT2D eigenvalue weighted by molar-refractivity contribution is -0.119. The predicted octanol–water partition coefficient (Wildman–Crippen LogP) is 2.60. The van der Waals surface area contributed by atoms with Crippen molar-refractivity contribution in [1.29, 1.82) is 0 Å². The van der Waals surface area contributed by atoms with E-state index in [4.69, 9.17) is 0 Å². The summed E-state index contributed by atoms with van der Waals surface area (Å²) in [6.07, 6.45) is 7.38. The molecule has 0 aromatic carbocycles. The van der Waals surface area contributed by atoms with Crippen LogP contribution in [0.2, 0.25) is 0 Å². The molecule has 0 spiro atoms. The molecule has 1 fully saturated rings. The molecule has 1 aliphatic rings.